The number of fused-ring (bicyclic) bond motifs is 2. The molecule has 0 fully saturated rings. The summed E-state index contributed by atoms with van der Waals surface area (Å²) in [6, 6.07) is -0.501. The maximum Gasteiger partial charge on any atom is 0.407 e. The Hall–Kier alpha value is -2.46. The molecule has 1 aliphatic heterocycles. The van der Waals surface area contributed by atoms with Gasteiger partial charge in [-0.25, -0.2) is 14.6 Å². The SMILES string of the molecule is CC(Br)=C[C@@H]1Cc2nc(cs2)[C@@H](C)C[C@@H](NC(=O)OC(C)(C)C)CC(=O)O[C@@H](C)CC(C)=CC=CC(=O)O1. The number of thiazole rings is 1. The number of ether oxygens (including phenoxy) is 3. The van der Waals surface area contributed by atoms with Gasteiger partial charge in [0, 0.05) is 36.3 Å². The van der Waals surface area contributed by atoms with Gasteiger partial charge in [-0.3, -0.25) is 4.79 Å². The second-order valence-corrected chi connectivity index (χ2v) is 12.9. The Morgan fingerprint density at radius 2 is 1.92 bits per heavy atom. The molecule has 0 saturated carbocycles. The molecule has 1 aromatic heterocycles. The van der Waals surface area contributed by atoms with Crippen LogP contribution in [0.1, 0.15) is 84.3 Å². The standard InChI is InChI=1S/C28H39BrN2O6S/c1-17-9-8-10-25(32)36-22(13-19(3)29)15-24-31-23(16-38-24)18(2)12-21(14-26(33)35-20(4)11-17)30-27(34)37-28(5,6)7/h8-10,13,16,18,20-22H,11-12,14-15H2,1-7H3,(H,30,34)/t18-,20-,21+,22+/m0/s1. The van der Waals surface area contributed by atoms with Crippen molar-refractivity contribution in [2.45, 2.75) is 104 Å². The van der Waals surface area contributed by atoms with Crippen molar-refractivity contribution in [1.82, 2.24) is 10.3 Å². The van der Waals surface area contributed by atoms with E-state index in [2.05, 4.69) is 21.2 Å². The molecule has 10 heteroatoms. The van der Waals surface area contributed by atoms with E-state index in [0.29, 0.717) is 19.3 Å². The second-order valence-electron chi connectivity index (χ2n) is 10.7. The molecule has 1 aliphatic rings. The predicted molar refractivity (Wildman–Crippen MR) is 152 cm³/mol. The van der Waals surface area contributed by atoms with E-state index in [0.717, 1.165) is 20.8 Å². The van der Waals surface area contributed by atoms with Gasteiger partial charge < -0.3 is 19.5 Å². The molecule has 1 amide bonds. The monoisotopic (exact) mass is 610 g/mol. The summed E-state index contributed by atoms with van der Waals surface area (Å²) >= 11 is 4.91. The Kier molecular flexibility index (Phi) is 12.2. The van der Waals surface area contributed by atoms with Crippen molar-refractivity contribution in [3.8, 4) is 0 Å². The van der Waals surface area contributed by atoms with Gasteiger partial charge in [0.1, 0.15) is 17.8 Å². The number of nitrogens with one attached hydrogen (secondary N) is 1. The summed E-state index contributed by atoms with van der Waals surface area (Å²) in [6.45, 7) is 12.9. The van der Waals surface area contributed by atoms with Crippen molar-refractivity contribution in [2.24, 2.45) is 0 Å². The Balaban J connectivity index is 2.33. The first kappa shape index (κ1) is 31.8. The minimum Gasteiger partial charge on any atom is -0.462 e. The molecule has 210 valence electrons. The van der Waals surface area contributed by atoms with Crippen LogP contribution in [0.25, 0.3) is 0 Å². The summed E-state index contributed by atoms with van der Waals surface area (Å²) in [5.41, 5.74) is 1.11. The van der Waals surface area contributed by atoms with E-state index in [4.69, 9.17) is 19.2 Å². The van der Waals surface area contributed by atoms with E-state index >= 15 is 0 Å². The Morgan fingerprint density at radius 3 is 2.58 bits per heavy atom. The number of aromatic nitrogens is 1. The van der Waals surface area contributed by atoms with Crippen LogP contribution in [0, 0.1) is 0 Å². The summed E-state index contributed by atoms with van der Waals surface area (Å²) < 4.78 is 17.6. The third-order valence-corrected chi connectivity index (χ3v) is 6.61. The molecule has 4 atom stereocenters. The number of carbonyl (C=O) groups is 3. The molecule has 0 spiro atoms. The van der Waals surface area contributed by atoms with Crippen LogP contribution in [0.2, 0.25) is 0 Å². The van der Waals surface area contributed by atoms with Crippen LogP contribution in [-0.4, -0.2) is 46.9 Å². The molecule has 2 rings (SSSR count). The summed E-state index contributed by atoms with van der Waals surface area (Å²) in [6.07, 6.45) is 6.60. The molecule has 1 aromatic rings. The highest BCUT2D eigenvalue weighted by atomic mass is 79.9. The minimum atomic E-state index is -0.664. The number of halogens is 1. The predicted octanol–water partition coefficient (Wildman–Crippen LogP) is 6.51. The van der Waals surface area contributed by atoms with Crippen LogP contribution in [0.3, 0.4) is 0 Å². The summed E-state index contributed by atoms with van der Waals surface area (Å²) in [5.74, 6) is -0.924. The first-order chi connectivity index (χ1) is 17.7. The highest BCUT2D eigenvalue weighted by Crippen LogP contribution is 2.26. The smallest absolute Gasteiger partial charge is 0.407 e. The molecule has 2 heterocycles. The Bertz CT molecular complexity index is 1070. The van der Waals surface area contributed by atoms with Gasteiger partial charge in [-0.2, -0.15) is 0 Å². The third kappa shape index (κ3) is 12.4. The Labute approximate surface area is 238 Å². The quantitative estimate of drug-likeness (QED) is 0.300. The Morgan fingerprint density at radius 1 is 1.21 bits per heavy atom. The molecule has 1 N–H and O–H groups in total. The summed E-state index contributed by atoms with van der Waals surface area (Å²) in [7, 11) is 0. The van der Waals surface area contributed by atoms with Crippen LogP contribution < -0.4 is 5.32 Å². The number of amides is 1. The van der Waals surface area contributed by atoms with Crippen molar-refractivity contribution >= 4 is 45.3 Å². The maximum atomic E-state index is 12.8. The number of allylic oxidation sites excluding steroid dienone is 3. The average Bonchev–Trinajstić information content (AvgIpc) is 3.19. The highest BCUT2D eigenvalue weighted by Gasteiger charge is 2.26. The number of alkyl carbamates (subject to hydrolysis) is 1. The van der Waals surface area contributed by atoms with E-state index in [9.17, 15) is 14.4 Å². The maximum absolute atomic E-state index is 12.8. The molecule has 0 saturated heterocycles. The van der Waals surface area contributed by atoms with Crippen molar-refractivity contribution in [1.29, 1.82) is 0 Å². The van der Waals surface area contributed by atoms with Gasteiger partial charge in [-0.15, -0.1) is 11.3 Å². The molecule has 8 nitrogen and oxygen atoms in total. The van der Waals surface area contributed by atoms with E-state index in [-0.39, 0.29) is 18.4 Å². The molecule has 0 aliphatic carbocycles. The number of hydrogen-bond donors (Lipinski definition) is 1. The number of esters is 2. The third-order valence-electron chi connectivity index (χ3n) is 5.46. The van der Waals surface area contributed by atoms with Gasteiger partial charge in [-0.1, -0.05) is 40.6 Å². The van der Waals surface area contributed by atoms with Crippen LogP contribution in [-0.2, 0) is 30.2 Å². The molecule has 0 aromatic carbocycles. The number of cyclic esters (lactones) is 2. The molecule has 0 unspecified atom stereocenters. The fourth-order valence-corrected chi connectivity index (χ4v) is 5.19. The van der Waals surface area contributed by atoms with Crippen LogP contribution in [0.15, 0.2) is 39.7 Å². The fourth-order valence-electron chi connectivity index (χ4n) is 3.94. The van der Waals surface area contributed by atoms with Crippen molar-refractivity contribution in [3.05, 3.63) is 50.4 Å². The zero-order valence-corrected chi connectivity index (χ0v) is 25.6. The molecule has 2 bridgehead atoms. The molecular weight excluding hydrogens is 572 g/mol. The molecule has 38 heavy (non-hydrogen) atoms. The summed E-state index contributed by atoms with van der Waals surface area (Å²) in [5, 5.41) is 5.62. The van der Waals surface area contributed by atoms with Gasteiger partial charge in [0.2, 0.25) is 0 Å². The van der Waals surface area contributed by atoms with Gasteiger partial charge in [0.25, 0.3) is 0 Å². The number of nitrogens with zero attached hydrogens (tertiary/aromatic N) is 1. The lowest BCUT2D eigenvalue weighted by atomic mass is 9.97. The number of carbonyl (C=O) groups excluding carboxylic acids is 3. The van der Waals surface area contributed by atoms with Crippen molar-refractivity contribution in [3.63, 3.8) is 0 Å². The highest BCUT2D eigenvalue weighted by molar-refractivity contribution is 9.11. The first-order valence-corrected chi connectivity index (χ1v) is 14.4. The van der Waals surface area contributed by atoms with E-state index in [1.165, 1.54) is 17.4 Å². The second kappa shape index (κ2) is 14.6. The van der Waals surface area contributed by atoms with Crippen LogP contribution in [0.5, 0.6) is 0 Å². The minimum absolute atomic E-state index is 0.00726. The van der Waals surface area contributed by atoms with Gasteiger partial charge in [0.05, 0.1) is 17.1 Å². The molecule has 0 radical (unpaired) electrons. The summed E-state index contributed by atoms with van der Waals surface area (Å²) in [4.78, 5) is 42.5. The van der Waals surface area contributed by atoms with Gasteiger partial charge >= 0.3 is 18.0 Å². The lowest BCUT2D eigenvalue weighted by molar-refractivity contribution is -0.148. The largest absolute Gasteiger partial charge is 0.462 e. The normalized spacial score (nSPS) is 24.7. The first-order valence-electron chi connectivity index (χ1n) is 12.7. The topological polar surface area (TPSA) is 104 Å². The van der Waals surface area contributed by atoms with Crippen LogP contribution in [0.4, 0.5) is 4.79 Å². The fraction of sp³-hybridized carbons (Fsp3) is 0.571. The lowest BCUT2D eigenvalue weighted by Crippen LogP contribution is -2.41. The number of rotatable bonds is 2. The number of hydrogen-bond acceptors (Lipinski definition) is 8. The average molecular weight is 612 g/mol. The van der Waals surface area contributed by atoms with Crippen LogP contribution >= 0.6 is 27.3 Å². The van der Waals surface area contributed by atoms with Gasteiger partial charge in [0.15, 0.2) is 0 Å². The van der Waals surface area contributed by atoms with E-state index < -0.39 is 35.8 Å². The zero-order chi connectivity index (χ0) is 28.5. The van der Waals surface area contributed by atoms with Gasteiger partial charge in [-0.05, 0) is 58.5 Å². The molecular formula is C28H39BrN2O6S. The van der Waals surface area contributed by atoms with E-state index in [1.54, 1.807) is 32.9 Å². The zero-order valence-electron chi connectivity index (χ0n) is 23.2. The van der Waals surface area contributed by atoms with Crippen molar-refractivity contribution in [2.75, 3.05) is 0 Å². The van der Waals surface area contributed by atoms with Crippen molar-refractivity contribution < 1.29 is 28.6 Å². The lowest BCUT2D eigenvalue weighted by Gasteiger charge is -2.25. The van der Waals surface area contributed by atoms with E-state index in [1.807, 2.05) is 39.2 Å².